The predicted octanol–water partition coefficient (Wildman–Crippen LogP) is 3.12. The molecule has 2 aromatic rings. The third kappa shape index (κ3) is 9.97. The molecule has 3 N–H and O–H groups in total. The van der Waals surface area contributed by atoms with Gasteiger partial charge in [-0.2, -0.15) is 0 Å². The Hall–Kier alpha value is -3.49. The number of carbonyl (C=O) groups excluding carboxylic acids is 1. The lowest BCUT2D eigenvalue weighted by molar-refractivity contribution is -0.159. The van der Waals surface area contributed by atoms with Gasteiger partial charge in [-0.25, -0.2) is 9.59 Å². The zero-order chi connectivity index (χ0) is 24.9. The van der Waals surface area contributed by atoms with E-state index < -0.39 is 11.9 Å². The Kier molecular flexibility index (Phi) is 11.0. The van der Waals surface area contributed by atoms with Crippen molar-refractivity contribution < 1.29 is 24.6 Å². The van der Waals surface area contributed by atoms with Gasteiger partial charge >= 0.3 is 11.9 Å². The molecule has 3 rings (SSSR count). The third-order valence-electron chi connectivity index (χ3n) is 5.44. The van der Waals surface area contributed by atoms with Gasteiger partial charge in [0.25, 0.3) is 0 Å². The number of hydrogen-bond acceptors (Lipinski definition) is 5. The number of carboxylic acid groups (broad SMARTS) is 2. The van der Waals surface area contributed by atoms with E-state index in [9.17, 15) is 4.79 Å². The van der Waals surface area contributed by atoms with Crippen molar-refractivity contribution in [1.29, 1.82) is 0 Å². The molecule has 0 aliphatic carbocycles. The van der Waals surface area contributed by atoms with Gasteiger partial charge in [0.1, 0.15) is 0 Å². The number of hydrogen-bond donors (Lipinski definition) is 3. The minimum absolute atomic E-state index is 0.0990. The summed E-state index contributed by atoms with van der Waals surface area (Å²) in [7, 11) is 0. The van der Waals surface area contributed by atoms with Crippen molar-refractivity contribution in [2.75, 3.05) is 44.6 Å². The number of nitrogens with zero attached hydrogens (tertiary/aromatic N) is 2. The number of nitrogens with one attached hydrogen (secondary N) is 1. The second-order valence-electron chi connectivity index (χ2n) is 8.18. The summed E-state index contributed by atoms with van der Waals surface area (Å²) in [5, 5.41) is 17.8. The summed E-state index contributed by atoms with van der Waals surface area (Å²) < 4.78 is 0. The fourth-order valence-electron chi connectivity index (χ4n) is 3.44. The van der Waals surface area contributed by atoms with E-state index in [1.54, 1.807) is 0 Å². The van der Waals surface area contributed by atoms with Gasteiger partial charge in [0.05, 0.1) is 0 Å². The molecular formula is C26H33N3O5. The molecule has 1 amide bonds. The minimum atomic E-state index is -1.82. The van der Waals surface area contributed by atoms with Crippen LogP contribution >= 0.6 is 0 Å². The zero-order valence-electron chi connectivity index (χ0n) is 19.7. The minimum Gasteiger partial charge on any atom is -0.473 e. The SMILES string of the molecule is Cc1ccc(C)c(NC(=O)CCN2CCN(CC=Cc3ccccc3)CC2)c1.O=C(O)C(=O)O. The number of carboxylic acids is 2. The molecule has 1 fully saturated rings. The first-order chi connectivity index (χ1) is 16.2. The van der Waals surface area contributed by atoms with Crippen molar-refractivity contribution in [2.45, 2.75) is 20.3 Å². The Labute approximate surface area is 200 Å². The Morgan fingerprint density at radius 2 is 1.53 bits per heavy atom. The van der Waals surface area contributed by atoms with Crippen molar-refractivity contribution in [1.82, 2.24) is 9.80 Å². The van der Waals surface area contributed by atoms with Crippen LogP contribution in [-0.2, 0) is 14.4 Å². The molecule has 1 aliphatic heterocycles. The van der Waals surface area contributed by atoms with E-state index in [-0.39, 0.29) is 5.91 Å². The van der Waals surface area contributed by atoms with Gasteiger partial charge < -0.3 is 20.4 Å². The quantitative estimate of drug-likeness (QED) is 0.537. The number of rotatable bonds is 7. The first kappa shape index (κ1) is 26.8. The Morgan fingerprint density at radius 3 is 2.15 bits per heavy atom. The Bertz CT molecular complexity index is 971. The standard InChI is InChI=1S/C24H31N3O.C2H2O4/c1-20-10-11-21(2)23(19-20)25-24(28)12-14-27-17-15-26(16-18-27)13-6-9-22-7-4-3-5-8-22;3-1(4)2(5)6/h3-11,19H,12-18H2,1-2H3,(H,25,28);(H,3,4)(H,5,6). The predicted molar refractivity (Wildman–Crippen MR) is 133 cm³/mol. The van der Waals surface area contributed by atoms with E-state index in [1.807, 2.05) is 26.0 Å². The molecule has 8 nitrogen and oxygen atoms in total. The fourth-order valence-corrected chi connectivity index (χ4v) is 3.44. The van der Waals surface area contributed by atoms with Crippen LogP contribution in [0.5, 0.6) is 0 Å². The molecule has 0 radical (unpaired) electrons. The van der Waals surface area contributed by atoms with Gasteiger partial charge in [0, 0.05) is 51.4 Å². The van der Waals surface area contributed by atoms with Gasteiger partial charge in [0.2, 0.25) is 5.91 Å². The monoisotopic (exact) mass is 467 g/mol. The summed E-state index contributed by atoms with van der Waals surface area (Å²) in [6.45, 7) is 10.0. The molecule has 182 valence electrons. The molecule has 34 heavy (non-hydrogen) atoms. The normalized spacial score (nSPS) is 14.3. The van der Waals surface area contributed by atoms with Crippen LogP contribution in [-0.4, -0.2) is 77.1 Å². The molecule has 1 saturated heterocycles. The summed E-state index contributed by atoms with van der Waals surface area (Å²) in [5.41, 5.74) is 4.45. The van der Waals surface area contributed by atoms with Crippen molar-refractivity contribution >= 4 is 29.6 Å². The molecule has 0 atom stereocenters. The van der Waals surface area contributed by atoms with Crippen molar-refractivity contribution in [3.8, 4) is 0 Å². The molecule has 1 heterocycles. The van der Waals surface area contributed by atoms with Gasteiger partial charge in [0.15, 0.2) is 0 Å². The van der Waals surface area contributed by atoms with E-state index in [2.05, 4.69) is 63.7 Å². The molecule has 0 aromatic heterocycles. The van der Waals surface area contributed by atoms with Crippen LogP contribution < -0.4 is 5.32 Å². The summed E-state index contributed by atoms with van der Waals surface area (Å²) in [5.74, 6) is -3.55. The van der Waals surface area contributed by atoms with Crippen LogP contribution in [0.15, 0.2) is 54.6 Å². The lowest BCUT2D eigenvalue weighted by Gasteiger charge is -2.34. The second-order valence-corrected chi connectivity index (χ2v) is 8.18. The lowest BCUT2D eigenvalue weighted by Crippen LogP contribution is -2.46. The van der Waals surface area contributed by atoms with Crippen LogP contribution in [0.1, 0.15) is 23.1 Å². The van der Waals surface area contributed by atoms with Crippen molar-refractivity contribution in [3.63, 3.8) is 0 Å². The number of aryl methyl sites for hydroxylation is 2. The topological polar surface area (TPSA) is 110 Å². The van der Waals surface area contributed by atoms with Crippen molar-refractivity contribution in [2.24, 2.45) is 0 Å². The highest BCUT2D eigenvalue weighted by Gasteiger charge is 2.16. The van der Waals surface area contributed by atoms with E-state index in [0.717, 1.165) is 50.5 Å². The molecule has 0 bridgehead atoms. The number of carbonyl (C=O) groups is 3. The first-order valence-electron chi connectivity index (χ1n) is 11.2. The summed E-state index contributed by atoms with van der Waals surface area (Å²) in [4.78, 5) is 35.4. The highest BCUT2D eigenvalue weighted by atomic mass is 16.4. The largest absolute Gasteiger partial charge is 0.473 e. The number of amides is 1. The van der Waals surface area contributed by atoms with Crippen molar-refractivity contribution in [3.05, 3.63) is 71.3 Å². The van der Waals surface area contributed by atoms with E-state index in [1.165, 1.54) is 11.1 Å². The average Bonchev–Trinajstić information content (AvgIpc) is 2.82. The molecular weight excluding hydrogens is 434 g/mol. The maximum absolute atomic E-state index is 12.3. The van der Waals surface area contributed by atoms with E-state index in [0.29, 0.717) is 6.42 Å². The number of aliphatic carboxylic acids is 2. The summed E-state index contributed by atoms with van der Waals surface area (Å²) in [6.07, 6.45) is 4.97. The number of piperazine rings is 1. The van der Waals surface area contributed by atoms with Crippen LogP contribution in [0, 0.1) is 13.8 Å². The maximum atomic E-state index is 12.3. The molecule has 0 spiro atoms. The summed E-state index contributed by atoms with van der Waals surface area (Å²) in [6, 6.07) is 16.6. The van der Waals surface area contributed by atoms with E-state index in [4.69, 9.17) is 19.8 Å². The van der Waals surface area contributed by atoms with Gasteiger partial charge in [-0.1, -0.05) is 54.6 Å². The van der Waals surface area contributed by atoms with Crippen LogP contribution in [0.3, 0.4) is 0 Å². The van der Waals surface area contributed by atoms with Crippen LogP contribution in [0.25, 0.3) is 6.08 Å². The van der Waals surface area contributed by atoms with Gasteiger partial charge in [-0.05, 0) is 36.6 Å². The smallest absolute Gasteiger partial charge is 0.414 e. The fraction of sp³-hybridized carbons (Fsp3) is 0.346. The highest BCUT2D eigenvalue weighted by molar-refractivity contribution is 6.27. The summed E-state index contributed by atoms with van der Waals surface area (Å²) >= 11 is 0. The Morgan fingerprint density at radius 1 is 0.912 bits per heavy atom. The number of anilines is 1. The average molecular weight is 468 g/mol. The lowest BCUT2D eigenvalue weighted by atomic mass is 10.1. The molecule has 2 aromatic carbocycles. The van der Waals surface area contributed by atoms with Gasteiger partial charge in [-0.3, -0.25) is 9.69 Å². The number of benzene rings is 2. The maximum Gasteiger partial charge on any atom is 0.414 e. The highest BCUT2D eigenvalue weighted by Crippen LogP contribution is 2.16. The Balaban J connectivity index is 0.000000604. The molecule has 8 heteroatoms. The molecule has 0 unspecified atom stereocenters. The second kappa shape index (κ2) is 13.9. The first-order valence-corrected chi connectivity index (χ1v) is 11.2. The van der Waals surface area contributed by atoms with Crippen LogP contribution in [0.4, 0.5) is 5.69 Å². The molecule has 1 aliphatic rings. The third-order valence-corrected chi connectivity index (χ3v) is 5.44. The zero-order valence-corrected chi connectivity index (χ0v) is 19.7. The van der Waals surface area contributed by atoms with E-state index >= 15 is 0 Å². The molecule has 0 saturated carbocycles. The van der Waals surface area contributed by atoms with Gasteiger partial charge in [-0.15, -0.1) is 0 Å². The van der Waals surface area contributed by atoms with Crippen LogP contribution in [0.2, 0.25) is 0 Å².